The van der Waals surface area contributed by atoms with Crippen molar-refractivity contribution < 1.29 is 9.21 Å². The number of carbonyl (C=O) groups is 1. The van der Waals surface area contributed by atoms with Crippen LogP contribution >= 0.6 is 23.2 Å². The molecule has 0 aliphatic heterocycles. The lowest BCUT2D eigenvalue weighted by molar-refractivity contribution is 0.112. The number of furan rings is 1. The van der Waals surface area contributed by atoms with Gasteiger partial charge >= 0.3 is 0 Å². The number of aldehydes is 1. The number of fused-ring (bicyclic) bond motifs is 1. The van der Waals surface area contributed by atoms with Gasteiger partial charge in [0.1, 0.15) is 5.69 Å². The number of hydrogen-bond acceptors (Lipinski definition) is 3. The van der Waals surface area contributed by atoms with Crippen LogP contribution < -0.4 is 0 Å². The number of rotatable bonds is 2. The molecule has 0 spiro atoms. The quantitative estimate of drug-likeness (QED) is 0.724. The Morgan fingerprint density at radius 3 is 2.89 bits per heavy atom. The Morgan fingerprint density at radius 2 is 2.11 bits per heavy atom. The minimum Gasteiger partial charge on any atom is -0.453 e. The number of carbonyl (C=O) groups excluding carboxylic acids is 1. The molecule has 2 heterocycles. The van der Waals surface area contributed by atoms with Crippen molar-refractivity contribution in [3.05, 3.63) is 40.0 Å². The average Bonchev–Trinajstić information content (AvgIpc) is 2.92. The summed E-state index contributed by atoms with van der Waals surface area (Å²) in [6.45, 7) is 0. The Kier molecular flexibility index (Phi) is 2.61. The molecule has 3 aromatic rings. The van der Waals surface area contributed by atoms with Crippen molar-refractivity contribution in [2.45, 2.75) is 0 Å². The van der Waals surface area contributed by atoms with Gasteiger partial charge in [-0.15, -0.1) is 0 Å². The second-order valence-electron chi connectivity index (χ2n) is 3.73. The molecule has 0 bridgehead atoms. The molecule has 0 aliphatic rings. The van der Waals surface area contributed by atoms with Gasteiger partial charge in [-0.2, -0.15) is 5.10 Å². The summed E-state index contributed by atoms with van der Waals surface area (Å²) in [5.74, 6) is 0.494. The lowest BCUT2D eigenvalue weighted by Gasteiger charge is -1.93. The first-order valence-electron chi connectivity index (χ1n) is 5.06. The van der Waals surface area contributed by atoms with E-state index in [-0.39, 0.29) is 0 Å². The molecule has 0 saturated carbocycles. The number of H-pyrrole nitrogens is 1. The SMILES string of the molecule is O=Cc1cn[nH]c1-c1cc2cc(Cl)cc(Cl)c2o1. The summed E-state index contributed by atoms with van der Waals surface area (Å²) in [7, 11) is 0. The van der Waals surface area contributed by atoms with Crippen molar-refractivity contribution >= 4 is 40.5 Å². The maximum atomic E-state index is 10.8. The van der Waals surface area contributed by atoms with E-state index in [1.54, 1.807) is 18.2 Å². The first-order chi connectivity index (χ1) is 8.69. The Morgan fingerprint density at radius 1 is 1.28 bits per heavy atom. The standard InChI is InChI=1S/C12H6Cl2N2O2/c13-8-1-6-2-10(18-12(6)9(14)3-8)11-7(5-17)4-15-16-11/h1-5H,(H,15,16). The summed E-state index contributed by atoms with van der Waals surface area (Å²) in [4.78, 5) is 10.8. The molecular weight excluding hydrogens is 275 g/mol. The summed E-state index contributed by atoms with van der Waals surface area (Å²) in [6.07, 6.45) is 2.14. The molecule has 18 heavy (non-hydrogen) atoms. The van der Waals surface area contributed by atoms with Crippen molar-refractivity contribution in [2.75, 3.05) is 0 Å². The highest BCUT2D eigenvalue weighted by molar-refractivity contribution is 6.38. The number of benzene rings is 1. The summed E-state index contributed by atoms with van der Waals surface area (Å²) in [5, 5.41) is 8.25. The van der Waals surface area contributed by atoms with E-state index >= 15 is 0 Å². The zero-order valence-electron chi connectivity index (χ0n) is 8.91. The van der Waals surface area contributed by atoms with Crippen LogP contribution in [0.2, 0.25) is 10.0 Å². The highest BCUT2D eigenvalue weighted by Gasteiger charge is 2.14. The topological polar surface area (TPSA) is 58.9 Å². The average molecular weight is 281 g/mol. The first-order valence-corrected chi connectivity index (χ1v) is 5.82. The maximum absolute atomic E-state index is 10.8. The normalized spacial score (nSPS) is 11.0. The lowest BCUT2D eigenvalue weighted by Crippen LogP contribution is -1.80. The van der Waals surface area contributed by atoms with Gasteiger partial charge in [-0.25, -0.2) is 0 Å². The van der Waals surface area contributed by atoms with E-state index in [9.17, 15) is 4.79 Å². The molecule has 0 aliphatic carbocycles. The van der Waals surface area contributed by atoms with Gasteiger partial charge in [-0.1, -0.05) is 23.2 Å². The summed E-state index contributed by atoms with van der Waals surface area (Å²) < 4.78 is 5.62. The second kappa shape index (κ2) is 4.15. The van der Waals surface area contributed by atoms with Crippen molar-refractivity contribution in [2.24, 2.45) is 0 Å². The van der Waals surface area contributed by atoms with E-state index in [1.165, 1.54) is 6.20 Å². The molecule has 3 rings (SSSR count). The number of nitrogens with zero attached hydrogens (tertiary/aromatic N) is 1. The predicted octanol–water partition coefficient (Wildman–Crippen LogP) is 3.94. The minimum absolute atomic E-state index is 0.427. The van der Waals surface area contributed by atoms with Crippen LogP contribution in [0.25, 0.3) is 22.4 Å². The molecule has 4 nitrogen and oxygen atoms in total. The van der Waals surface area contributed by atoms with Crippen LogP contribution in [-0.2, 0) is 0 Å². The second-order valence-corrected chi connectivity index (χ2v) is 4.58. The molecular formula is C12H6Cl2N2O2. The summed E-state index contributed by atoms with van der Waals surface area (Å²) in [5.41, 5.74) is 1.48. The molecule has 90 valence electrons. The van der Waals surface area contributed by atoms with Crippen LogP contribution in [0, 0.1) is 0 Å². The van der Waals surface area contributed by atoms with E-state index in [0.29, 0.717) is 38.9 Å². The van der Waals surface area contributed by atoms with Crippen LogP contribution in [0.1, 0.15) is 10.4 Å². The van der Waals surface area contributed by atoms with Gasteiger partial charge in [0.15, 0.2) is 17.6 Å². The van der Waals surface area contributed by atoms with Crippen molar-refractivity contribution in [3.63, 3.8) is 0 Å². The van der Waals surface area contributed by atoms with Crippen molar-refractivity contribution in [3.8, 4) is 11.5 Å². The molecule has 0 amide bonds. The summed E-state index contributed by atoms with van der Waals surface area (Å²) in [6, 6.07) is 5.10. The zero-order valence-corrected chi connectivity index (χ0v) is 10.4. The number of aromatic nitrogens is 2. The third-order valence-corrected chi connectivity index (χ3v) is 3.08. The monoisotopic (exact) mass is 280 g/mol. The first kappa shape index (κ1) is 11.3. The third-order valence-electron chi connectivity index (χ3n) is 2.58. The predicted molar refractivity (Wildman–Crippen MR) is 69.2 cm³/mol. The zero-order chi connectivity index (χ0) is 12.7. The molecule has 0 radical (unpaired) electrons. The van der Waals surface area contributed by atoms with E-state index in [2.05, 4.69) is 10.2 Å². The fourth-order valence-electron chi connectivity index (χ4n) is 1.78. The Balaban J connectivity index is 2.25. The van der Waals surface area contributed by atoms with Gasteiger partial charge in [-0.3, -0.25) is 9.89 Å². The number of hydrogen-bond donors (Lipinski definition) is 1. The van der Waals surface area contributed by atoms with Crippen LogP contribution in [0.5, 0.6) is 0 Å². The van der Waals surface area contributed by atoms with E-state index in [4.69, 9.17) is 27.6 Å². The molecule has 0 saturated heterocycles. The fourth-order valence-corrected chi connectivity index (χ4v) is 2.33. The number of nitrogens with one attached hydrogen (secondary N) is 1. The molecule has 0 unspecified atom stereocenters. The molecule has 1 aromatic carbocycles. The molecule has 0 fully saturated rings. The van der Waals surface area contributed by atoms with Gasteiger partial charge in [0.05, 0.1) is 16.8 Å². The molecule has 1 N–H and O–H groups in total. The number of halogens is 2. The van der Waals surface area contributed by atoms with Gasteiger partial charge in [0, 0.05) is 10.4 Å². The highest BCUT2D eigenvalue weighted by Crippen LogP contribution is 2.34. The van der Waals surface area contributed by atoms with Crippen LogP contribution in [-0.4, -0.2) is 16.5 Å². The smallest absolute Gasteiger partial charge is 0.154 e. The summed E-state index contributed by atoms with van der Waals surface area (Å²) >= 11 is 12.0. The Hall–Kier alpha value is -1.78. The van der Waals surface area contributed by atoms with Gasteiger partial charge in [-0.05, 0) is 18.2 Å². The molecule has 0 atom stereocenters. The van der Waals surface area contributed by atoms with Crippen LogP contribution in [0.15, 0.2) is 28.8 Å². The van der Waals surface area contributed by atoms with E-state index < -0.39 is 0 Å². The molecule has 6 heteroatoms. The van der Waals surface area contributed by atoms with Crippen LogP contribution in [0.4, 0.5) is 0 Å². The lowest BCUT2D eigenvalue weighted by atomic mass is 10.2. The van der Waals surface area contributed by atoms with Crippen molar-refractivity contribution in [1.82, 2.24) is 10.2 Å². The minimum atomic E-state index is 0.427. The Bertz CT molecular complexity index is 746. The number of aromatic amines is 1. The highest BCUT2D eigenvalue weighted by atomic mass is 35.5. The molecule has 2 aromatic heterocycles. The van der Waals surface area contributed by atoms with Gasteiger partial charge in [0.2, 0.25) is 0 Å². The maximum Gasteiger partial charge on any atom is 0.154 e. The fraction of sp³-hybridized carbons (Fsp3) is 0. The third kappa shape index (κ3) is 1.70. The Labute approximate surface area is 111 Å². The van der Waals surface area contributed by atoms with Gasteiger partial charge < -0.3 is 4.42 Å². The van der Waals surface area contributed by atoms with E-state index in [0.717, 1.165) is 5.39 Å². The van der Waals surface area contributed by atoms with Gasteiger partial charge in [0.25, 0.3) is 0 Å². The van der Waals surface area contributed by atoms with Crippen molar-refractivity contribution in [1.29, 1.82) is 0 Å². The largest absolute Gasteiger partial charge is 0.453 e. The van der Waals surface area contributed by atoms with Crippen LogP contribution in [0.3, 0.4) is 0 Å². The van der Waals surface area contributed by atoms with E-state index in [1.807, 2.05) is 0 Å².